The van der Waals surface area contributed by atoms with Gasteiger partial charge in [-0.05, 0) is 25.8 Å². The largest absolute Gasteiger partial charge is 0.379 e. The van der Waals surface area contributed by atoms with Crippen LogP contribution in [0.3, 0.4) is 0 Å². The predicted molar refractivity (Wildman–Crippen MR) is 123 cm³/mol. The van der Waals surface area contributed by atoms with Crippen LogP contribution in [0, 0.1) is 19.3 Å². The first kappa shape index (κ1) is 28.0. The summed E-state index contributed by atoms with van der Waals surface area (Å²) in [4.78, 5) is 11.4. The van der Waals surface area contributed by atoms with Crippen LogP contribution in [0.1, 0.15) is 96.3 Å². The molecule has 0 spiro atoms. The zero-order chi connectivity index (χ0) is 21.3. The van der Waals surface area contributed by atoms with Crippen molar-refractivity contribution < 1.29 is 14.3 Å². The average Bonchev–Trinajstić information content (AvgIpc) is 2.73. The van der Waals surface area contributed by atoms with Gasteiger partial charge in [-0.1, -0.05) is 51.4 Å². The van der Waals surface area contributed by atoms with E-state index in [9.17, 15) is 4.79 Å². The molecule has 0 aromatic heterocycles. The summed E-state index contributed by atoms with van der Waals surface area (Å²) in [6.07, 6.45) is 22.7. The summed E-state index contributed by atoms with van der Waals surface area (Å²) in [7, 11) is 0. The minimum absolute atomic E-state index is 0.170. The van der Waals surface area contributed by atoms with Gasteiger partial charge in [0.25, 0.3) is 0 Å². The van der Waals surface area contributed by atoms with Crippen molar-refractivity contribution in [1.82, 2.24) is 5.32 Å². The van der Waals surface area contributed by atoms with Crippen LogP contribution in [0.25, 0.3) is 0 Å². The first-order valence-electron chi connectivity index (χ1n) is 11.9. The maximum atomic E-state index is 11.4. The van der Waals surface area contributed by atoms with E-state index < -0.39 is 0 Å². The summed E-state index contributed by atoms with van der Waals surface area (Å²) in [5, 5.41) is 3.43. The Balaban J connectivity index is 3.05. The molecule has 0 fully saturated rings. The Hall–Kier alpha value is -1.02. The Morgan fingerprint density at radius 2 is 1.28 bits per heavy atom. The molecule has 0 aliphatic rings. The van der Waals surface area contributed by atoms with Gasteiger partial charge < -0.3 is 14.8 Å². The fraction of sp³-hybridized carbons (Fsp3) is 0.840. The fourth-order valence-corrected chi connectivity index (χ4v) is 3.13. The average molecular weight is 409 g/mol. The molecule has 0 saturated heterocycles. The van der Waals surface area contributed by atoms with Crippen LogP contribution in [0.2, 0.25) is 0 Å². The molecular formula is C25H46NO3+. The van der Waals surface area contributed by atoms with Gasteiger partial charge in [-0.15, -0.1) is 12.3 Å². The van der Waals surface area contributed by atoms with Gasteiger partial charge in [0, 0.05) is 25.8 Å². The van der Waals surface area contributed by atoms with Gasteiger partial charge in [0.05, 0.1) is 39.8 Å². The van der Waals surface area contributed by atoms with E-state index in [0.717, 1.165) is 19.5 Å². The summed E-state index contributed by atoms with van der Waals surface area (Å²) >= 11 is 0. The number of rotatable bonds is 24. The number of nitrogens with one attached hydrogen (secondary N) is 1. The molecule has 1 N–H and O–H groups in total. The van der Waals surface area contributed by atoms with Gasteiger partial charge in [0.2, 0.25) is 0 Å². The Bertz CT molecular complexity index is 379. The van der Waals surface area contributed by atoms with Crippen molar-refractivity contribution >= 4 is 5.78 Å². The first-order valence-corrected chi connectivity index (χ1v) is 11.9. The first-order chi connectivity index (χ1) is 14.3. The lowest BCUT2D eigenvalue weighted by molar-refractivity contribution is -0.120. The molecule has 0 aromatic rings. The number of terminal acetylenes is 1. The summed E-state index contributed by atoms with van der Waals surface area (Å²) < 4.78 is 10.9. The molecule has 0 heterocycles. The molecule has 0 amide bonds. The molecule has 0 aromatic carbocycles. The minimum Gasteiger partial charge on any atom is -0.379 e. The lowest BCUT2D eigenvalue weighted by atomic mass is 10.1. The predicted octanol–water partition coefficient (Wildman–Crippen LogP) is 5.50. The topological polar surface area (TPSA) is 47.6 Å². The Morgan fingerprint density at radius 1 is 0.724 bits per heavy atom. The monoisotopic (exact) mass is 408 g/mol. The van der Waals surface area contributed by atoms with Crippen molar-refractivity contribution in [1.29, 1.82) is 0 Å². The van der Waals surface area contributed by atoms with E-state index in [1.807, 2.05) is 0 Å². The van der Waals surface area contributed by atoms with Gasteiger partial charge >= 0.3 is 0 Å². The highest BCUT2D eigenvalue weighted by molar-refractivity contribution is 5.78. The number of hydrogen-bond acceptors (Lipinski definition) is 4. The van der Waals surface area contributed by atoms with Crippen LogP contribution in [0.15, 0.2) is 0 Å². The summed E-state index contributed by atoms with van der Waals surface area (Å²) in [5.74, 6) is 2.64. The SMILES string of the molecule is C#CCCC(=O)CCOCCOCCNCCCCCCCCCCCCC[CH2+]. The van der Waals surface area contributed by atoms with Crippen molar-refractivity contribution in [2.45, 2.75) is 96.3 Å². The number of carbonyl (C=O) groups is 1. The smallest absolute Gasteiger partial charge is 0.136 e. The third kappa shape index (κ3) is 24.9. The van der Waals surface area contributed by atoms with Crippen LogP contribution in [-0.2, 0) is 14.3 Å². The third-order valence-electron chi connectivity index (χ3n) is 4.97. The second-order valence-electron chi connectivity index (χ2n) is 7.71. The van der Waals surface area contributed by atoms with Crippen molar-refractivity contribution in [3.63, 3.8) is 0 Å². The highest BCUT2D eigenvalue weighted by Gasteiger charge is 2.00. The van der Waals surface area contributed by atoms with Gasteiger partial charge in [-0.2, -0.15) is 0 Å². The van der Waals surface area contributed by atoms with E-state index in [2.05, 4.69) is 18.2 Å². The van der Waals surface area contributed by atoms with E-state index in [4.69, 9.17) is 15.9 Å². The van der Waals surface area contributed by atoms with Crippen LogP contribution in [-0.4, -0.2) is 45.3 Å². The zero-order valence-electron chi connectivity index (χ0n) is 18.9. The molecule has 0 aliphatic carbocycles. The number of Topliss-reactive ketones (excluding diaryl/α,β-unsaturated/α-hetero) is 1. The molecule has 0 saturated carbocycles. The van der Waals surface area contributed by atoms with Crippen molar-refractivity contribution in [2.75, 3.05) is 39.5 Å². The van der Waals surface area contributed by atoms with E-state index >= 15 is 0 Å². The number of hydrogen-bond donors (Lipinski definition) is 1. The molecule has 0 rings (SSSR count). The van der Waals surface area contributed by atoms with E-state index in [0.29, 0.717) is 45.7 Å². The molecule has 168 valence electrons. The van der Waals surface area contributed by atoms with Crippen LogP contribution >= 0.6 is 0 Å². The third-order valence-corrected chi connectivity index (χ3v) is 4.97. The molecule has 0 atom stereocenters. The maximum Gasteiger partial charge on any atom is 0.136 e. The zero-order valence-corrected chi connectivity index (χ0v) is 18.9. The second-order valence-corrected chi connectivity index (χ2v) is 7.71. The lowest BCUT2D eigenvalue weighted by Crippen LogP contribution is -2.21. The van der Waals surface area contributed by atoms with Gasteiger partial charge in [-0.3, -0.25) is 4.79 Å². The quantitative estimate of drug-likeness (QED) is 0.130. The van der Waals surface area contributed by atoms with Gasteiger partial charge in [-0.25, -0.2) is 0 Å². The van der Waals surface area contributed by atoms with Crippen LogP contribution < -0.4 is 5.32 Å². The standard InChI is InChI=1S/C25H46NO3/c1-3-5-7-8-9-10-11-12-13-14-15-16-19-26-20-22-29-24-23-28-21-18-25(27)17-6-4-2/h2,26H,1,3,5-24H2/q+1. The molecule has 0 unspecified atom stereocenters. The number of carbonyl (C=O) groups excluding carboxylic acids is 1. The second kappa shape index (κ2) is 25.0. The van der Waals surface area contributed by atoms with Gasteiger partial charge in [0.1, 0.15) is 5.78 Å². The Labute approximate surface area is 180 Å². The molecule has 4 heteroatoms. The van der Waals surface area contributed by atoms with E-state index in [1.165, 1.54) is 70.6 Å². The van der Waals surface area contributed by atoms with Crippen molar-refractivity contribution in [3.05, 3.63) is 6.92 Å². The Morgan fingerprint density at radius 3 is 1.86 bits per heavy atom. The molecule has 0 aliphatic heterocycles. The molecule has 29 heavy (non-hydrogen) atoms. The van der Waals surface area contributed by atoms with Crippen LogP contribution in [0.4, 0.5) is 0 Å². The highest BCUT2D eigenvalue weighted by Crippen LogP contribution is 2.11. The molecule has 0 radical (unpaired) electrons. The summed E-state index contributed by atoms with van der Waals surface area (Å²) in [5.41, 5.74) is 0. The molecular weight excluding hydrogens is 362 g/mol. The fourth-order valence-electron chi connectivity index (χ4n) is 3.13. The summed E-state index contributed by atoms with van der Waals surface area (Å²) in [6.45, 7) is 8.14. The van der Waals surface area contributed by atoms with E-state index in [1.54, 1.807) is 0 Å². The van der Waals surface area contributed by atoms with E-state index in [-0.39, 0.29) is 5.78 Å². The maximum absolute atomic E-state index is 11.4. The number of unbranched alkanes of at least 4 members (excludes halogenated alkanes) is 11. The number of ketones is 1. The molecule has 0 bridgehead atoms. The van der Waals surface area contributed by atoms with Crippen molar-refractivity contribution in [2.24, 2.45) is 0 Å². The number of ether oxygens (including phenoxy) is 2. The normalized spacial score (nSPS) is 10.9. The molecule has 4 nitrogen and oxygen atoms in total. The Kier molecular flexibility index (Phi) is 24.1. The summed E-state index contributed by atoms with van der Waals surface area (Å²) in [6, 6.07) is 0. The van der Waals surface area contributed by atoms with Gasteiger partial charge in [0.15, 0.2) is 0 Å². The lowest BCUT2D eigenvalue weighted by Gasteiger charge is -2.07. The van der Waals surface area contributed by atoms with Crippen molar-refractivity contribution in [3.8, 4) is 12.3 Å². The highest BCUT2D eigenvalue weighted by atomic mass is 16.5. The van der Waals surface area contributed by atoms with Crippen LogP contribution in [0.5, 0.6) is 0 Å². The minimum atomic E-state index is 0.170.